The predicted octanol–water partition coefficient (Wildman–Crippen LogP) is 5.97. The van der Waals surface area contributed by atoms with Crippen LogP contribution in [0.4, 0.5) is 14.9 Å². The number of ether oxygens (including phenoxy) is 5. The van der Waals surface area contributed by atoms with Crippen LogP contribution in [0.2, 0.25) is 0 Å². The van der Waals surface area contributed by atoms with Gasteiger partial charge in [-0.2, -0.15) is 0 Å². The summed E-state index contributed by atoms with van der Waals surface area (Å²) in [4.78, 5) is 66.5. The van der Waals surface area contributed by atoms with Crippen molar-refractivity contribution >= 4 is 46.5 Å². The number of carbonyl (C=O) groups excluding carboxylic acids is 4. The van der Waals surface area contributed by atoms with Crippen molar-refractivity contribution in [2.45, 2.75) is 129 Å². The van der Waals surface area contributed by atoms with Crippen molar-refractivity contribution < 1.29 is 52.4 Å². The van der Waals surface area contributed by atoms with Crippen LogP contribution in [-0.2, 0) is 33.3 Å². The average Bonchev–Trinajstić information content (AvgIpc) is 3.76. The number of rotatable bonds is 8. The molecule has 4 aliphatic rings. The number of likely N-dealkylation sites (N-methyl/N-ethyl adjacent to an activating group) is 1. The van der Waals surface area contributed by atoms with Crippen molar-refractivity contribution in [3.05, 3.63) is 52.0 Å². The zero-order valence-corrected chi connectivity index (χ0v) is 39.1. The van der Waals surface area contributed by atoms with Crippen LogP contribution in [0.15, 0.2) is 41.4 Å². The second kappa shape index (κ2) is 19.5. The number of esters is 1. The van der Waals surface area contributed by atoms with Crippen molar-refractivity contribution in [3.63, 3.8) is 0 Å². The minimum absolute atomic E-state index is 0.131. The number of aliphatic imine (C=N–C) groups is 1. The Balaban J connectivity index is 1.38. The Labute approximate surface area is 374 Å². The van der Waals surface area contributed by atoms with Gasteiger partial charge in [0.2, 0.25) is 0 Å². The van der Waals surface area contributed by atoms with E-state index in [1.54, 1.807) is 50.1 Å². The molecule has 1 aromatic heterocycles. The van der Waals surface area contributed by atoms with Gasteiger partial charge in [0.25, 0.3) is 5.91 Å². The molecule has 2 bridgehead atoms. The van der Waals surface area contributed by atoms with E-state index in [4.69, 9.17) is 28.7 Å². The minimum Gasteiger partial charge on any atom is -0.458 e. The Hall–Kier alpha value is -4.24. The van der Waals surface area contributed by atoms with E-state index < -0.39 is 77.3 Å². The molecular formula is C47H63FN4O10S. The topological polar surface area (TPSA) is 157 Å². The number of anilines is 1. The van der Waals surface area contributed by atoms with Gasteiger partial charge in [0.1, 0.15) is 30.5 Å². The number of aliphatic hydroxyl groups is 1. The van der Waals surface area contributed by atoms with Gasteiger partial charge in [0, 0.05) is 42.9 Å². The van der Waals surface area contributed by atoms with E-state index in [0.717, 1.165) is 5.71 Å². The van der Waals surface area contributed by atoms with Crippen LogP contribution in [0.5, 0.6) is 0 Å². The first-order chi connectivity index (χ1) is 29.7. The molecule has 0 aliphatic carbocycles. The second-order valence-electron chi connectivity index (χ2n) is 18.2. The van der Waals surface area contributed by atoms with Gasteiger partial charge in [-0.3, -0.25) is 24.3 Å². The number of benzene rings is 1. The molecule has 13 atom stereocenters. The largest absolute Gasteiger partial charge is 0.458 e. The Bertz CT molecular complexity index is 2120. The fourth-order valence-corrected chi connectivity index (χ4v) is 10.9. The molecule has 2 aromatic rings. The molecule has 3 saturated heterocycles. The number of halogens is 1. The maximum atomic E-state index is 14.6. The van der Waals surface area contributed by atoms with Crippen LogP contribution < -0.4 is 4.90 Å². The summed E-state index contributed by atoms with van der Waals surface area (Å²) in [6.45, 7) is 15.1. The van der Waals surface area contributed by atoms with E-state index in [0.29, 0.717) is 41.4 Å². The molecule has 0 saturated carbocycles. The highest BCUT2D eigenvalue weighted by Gasteiger charge is 2.60. The molecule has 4 aliphatic heterocycles. The van der Waals surface area contributed by atoms with Crippen LogP contribution in [0.1, 0.15) is 89.2 Å². The lowest BCUT2D eigenvalue weighted by atomic mass is 9.73. The lowest BCUT2D eigenvalue weighted by Crippen LogP contribution is -2.60. The highest BCUT2D eigenvalue weighted by molar-refractivity contribution is 7.14. The number of hydrogen-bond acceptors (Lipinski definition) is 13. The molecule has 0 unspecified atom stereocenters. The van der Waals surface area contributed by atoms with Gasteiger partial charge < -0.3 is 38.6 Å². The maximum Gasteiger partial charge on any atom is 0.410 e. The van der Waals surface area contributed by atoms with E-state index in [9.17, 15) is 28.7 Å². The summed E-state index contributed by atoms with van der Waals surface area (Å²) in [5.74, 6) is 1.32. The highest BCUT2D eigenvalue weighted by Crippen LogP contribution is 2.44. The number of amides is 2. The molecule has 0 radical (unpaired) electrons. The van der Waals surface area contributed by atoms with Gasteiger partial charge in [-0.15, -0.1) is 11.3 Å². The number of ketones is 1. The van der Waals surface area contributed by atoms with Crippen LogP contribution in [0.25, 0.3) is 0 Å². The number of aliphatic hydroxyl groups excluding tert-OH is 1. The number of fused-ring (bicyclic) bond motifs is 1. The van der Waals surface area contributed by atoms with Gasteiger partial charge in [-0.25, -0.2) is 9.18 Å². The third kappa shape index (κ3) is 9.89. The fraction of sp³-hybridized carbons (Fsp3) is 0.638. The number of nitrogens with zero attached hydrogens (tertiary/aromatic N) is 4. The van der Waals surface area contributed by atoms with Crippen LogP contribution in [0, 0.1) is 41.3 Å². The monoisotopic (exact) mass is 894 g/mol. The molecule has 344 valence electrons. The standard InChI is InChI=1S/C47H63FN4O10S/c1-12-36-47(8)40-28(4)37(49-20-21-52(40)45(57)62-47)26(2)25-46(7,58-22-14-17-33-18-19-35(63-33)42(55)51(11)32-16-13-15-31(48)24-32)41(29(5)38(53)30(6)43(56)60-36)61-44-39(54)34(50(9)10)23-27(3)59-44/h13,15-16,18-19,24,26-30,34,36,39-41,44,54H,12,20-23,25H2,1-11H3/t26-,27-,28+,29+,30-,34+,36-,39-,40-,41-,44+,46+,47-/m1/s1. The molecule has 63 heavy (non-hydrogen) atoms. The van der Waals surface area contributed by atoms with Gasteiger partial charge >= 0.3 is 12.1 Å². The van der Waals surface area contributed by atoms with E-state index in [-0.39, 0.29) is 42.9 Å². The van der Waals surface area contributed by atoms with Gasteiger partial charge in [-0.05, 0) is 97.3 Å². The summed E-state index contributed by atoms with van der Waals surface area (Å²) < 4.78 is 46.1. The lowest BCUT2D eigenvalue weighted by molar-refractivity contribution is -0.296. The quantitative estimate of drug-likeness (QED) is 0.189. The fourth-order valence-electron chi connectivity index (χ4n) is 10.1. The van der Waals surface area contributed by atoms with Crippen molar-refractivity contribution in [1.29, 1.82) is 0 Å². The van der Waals surface area contributed by atoms with E-state index in [2.05, 4.69) is 11.8 Å². The number of thiophene rings is 1. The van der Waals surface area contributed by atoms with Crippen molar-refractivity contribution in [2.24, 2.45) is 28.7 Å². The third-order valence-corrected chi connectivity index (χ3v) is 14.4. The molecule has 1 N–H and O–H groups in total. The Kier molecular flexibility index (Phi) is 14.9. The first-order valence-electron chi connectivity index (χ1n) is 21.9. The number of carbonyl (C=O) groups is 4. The number of Topliss-reactive ketones (excluding diaryl/α,β-unsaturated/α-hetero) is 1. The summed E-state index contributed by atoms with van der Waals surface area (Å²) in [7, 11) is 5.33. The average molecular weight is 895 g/mol. The number of cyclic esters (lactones) is 1. The molecule has 16 heteroatoms. The SMILES string of the molecule is CC[C@H]1OC(=O)[C@H](C)C(=O)[C@H](C)[C@@H](O[C@@H]2O[C@H](C)C[C@H](N(C)C)[C@H]2O)[C@@](C)(OCC#Cc2ccc(C(=O)N(C)c3cccc(F)c3)s2)C[C@@H](C)C2=NCCN3C(=O)O[C@@]1(C)[C@H]3[C@H]2C. The summed E-state index contributed by atoms with van der Waals surface area (Å²) in [5.41, 5.74) is -1.34. The van der Waals surface area contributed by atoms with Gasteiger partial charge in [-0.1, -0.05) is 45.6 Å². The summed E-state index contributed by atoms with van der Waals surface area (Å²) in [6, 6.07) is 8.35. The van der Waals surface area contributed by atoms with Crippen molar-refractivity contribution in [3.8, 4) is 11.8 Å². The molecule has 5 heterocycles. The van der Waals surface area contributed by atoms with Crippen LogP contribution in [0.3, 0.4) is 0 Å². The van der Waals surface area contributed by atoms with E-state index >= 15 is 0 Å². The van der Waals surface area contributed by atoms with Crippen LogP contribution in [-0.4, -0.2) is 139 Å². The van der Waals surface area contributed by atoms with E-state index in [1.807, 2.05) is 53.6 Å². The zero-order chi connectivity index (χ0) is 46.1. The second-order valence-corrected chi connectivity index (χ2v) is 19.3. The maximum absolute atomic E-state index is 14.6. The smallest absolute Gasteiger partial charge is 0.410 e. The molecule has 3 fully saturated rings. The molecular weight excluding hydrogens is 832 g/mol. The highest BCUT2D eigenvalue weighted by atomic mass is 32.1. The first kappa shape index (κ1) is 48.2. The van der Waals surface area contributed by atoms with Gasteiger partial charge in [0.05, 0.1) is 40.1 Å². The molecule has 1 aromatic carbocycles. The Morgan fingerprint density at radius 3 is 2.49 bits per heavy atom. The first-order valence-corrected chi connectivity index (χ1v) is 22.7. The Morgan fingerprint density at radius 1 is 1.08 bits per heavy atom. The van der Waals surface area contributed by atoms with Gasteiger partial charge in [0.15, 0.2) is 17.7 Å². The normalized spacial score (nSPS) is 35.1. The molecule has 6 rings (SSSR count). The molecule has 0 spiro atoms. The minimum atomic E-state index is -1.33. The summed E-state index contributed by atoms with van der Waals surface area (Å²) in [5, 5.41) is 11.7. The Morgan fingerprint density at radius 2 is 1.81 bits per heavy atom. The van der Waals surface area contributed by atoms with E-state index in [1.165, 1.54) is 35.3 Å². The predicted molar refractivity (Wildman–Crippen MR) is 236 cm³/mol. The summed E-state index contributed by atoms with van der Waals surface area (Å²) >= 11 is 1.19. The summed E-state index contributed by atoms with van der Waals surface area (Å²) in [6.07, 6.45) is -3.85. The third-order valence-electron chi connectivity index (χ3n) is 13.4. The molecule has 2 amide bonds. The van der Waals surface area contributed by atoms with Crippen LogP contribution >= 0.6 is 11.3 Å². The molecule has 14 nitrogen and oxygen atoms in total. The van der Waals surface area contributed by atoms with Crippen molar-refractivity contribution in [2.75, 3.05) is 45.7 Å². The zero-order valence-electron chi connectivity index (χ0n) is 38.3. The number of hydrogen-bond donors (Lipinski definition) is 1. The van der Waals surface area contributed by atoms with Crippen molar-refractivity contribution in [1.82, 2.24) is 9.80 Å². The lowest BCUT2D eigenvalue weighted by Gasteiger charge is -2.47.